The summed E-state index contributed by atoms with van der Waals surface area (Å²) in [7, 11) is 0. The molecule has 114 valence electrons. The molecule has 0 saturated carbocycles. The van der Waals surface area contributed by atoms with Crippen molar-refractivity contribution < 1.29 is 14.7 Å². The first-order valence-corrected chi connectivity index (χ1v) is 7.00. The van der Waals surface area contributed by atoms with Gasteiger partial charge in [-0.15, -0.1) is 0 Å². The van der Waals surface area contributed by atoms with Crippen molar-refractivity contribution in [3.8, 4) is 5.75 Å². The lowest BCUT2D eigenvalue weighted by molar-refractivity contribution is -0.114. The second-order valence-corrected chi connectivity index (χ2v) is 5.28. The van der Waals surface area contributed by atoms with Gasteiger partial charge in [-0.2, -0.15) is 0 Å². The molecule has 2 amide bonds. The van der Waals surface area contributed by atoms with Gasteiger partial charge in [0.25, 0.3) is 5.91 Å². The third-order valence-corrected chi connectivity index (χ3v) is 3.35. The average Bonchev–Trinajstić information content (AvgIpc) is 2.43. The molecule has 0 atom stereocenters. The van der Waals surface area contributed by atoms with Gasteiger partial charge in [-0.05, 0) is 24.3 Å². The molecule has 0 saturated heterocycles. The minimum atomic E-state index is -0.502. The molecule has 0 aromatic heterocycles. The number of hydrogen-bond acceptors (Lipinski definition) is 3. The summed E-state index contributed by atoms with van der Waals surface area (Å²) in [5.74, 6) is -0.945. The van der Waals surface area contributed by atoms with Crippen LogP contribution in [0.25, 0.3) is 0 Å². The monoisotopic (exact) mass is 338 g/mol. The van der Waals surface area contributed by atoms with Gasteiger partial charge in [0.05, 0.1) is 21.3 Å². The number of anilines is 2. The van der Waals surface area contributed by atoms with E-state index in [1.54, 1.807) is 12.1 Å². The zero-order valence-electron chi connectivity index (χ0n) is 11.5. The Morgan fingerprint density at radius 1 is 1.05 bits per heavy atom. The first-order valence-electron chi connectivity index (χ1n) is 6.24. The average molecular weight is 339 g/mol. The van der Waals surface area contributed by atoms with Gasteiger partial charge < -0.3 is 15.7 Å². The highest BCUT2D eigenvalue weighted by atomic mass is 35.5. The third-order valence-electron chi connectivity index (χ3n) is 2.75. The van der Waals surface area contributed by atoms with Crippen molar-refractivity contribution in [1.29, 1.82) is 0 Å². The molecule has 5 nitrogen and oxygen atoms in total. The summed E-state index contributed by atoms with van der Waals surface area (Å²) in [6.45, 7) is 1.33. The summed E-state index contributed by atoms with van der Waals surface area (Å²) < 4.78 is 0. The van der Waals surface area contributed by atoms with Crippen LogP contribution in [0.1, 0.15) is 17.3 Å². The SMILES string of the molecule is CC(=O)Nc1c(Cl)cc(NC(=O)c2ccccc2O)cc1Cl. The van der Waals surface area contributed by atoms with Gasteiger partial charge in [0.1, 0.15) is 5.75 Å². The largest absolute Gasteiger partial charge is 0.507 e. The molecule has 0 bridgehead atoms. The first-order chi connectivity index (χ1) is 10.4. The molecule has 0 aliphatic heterocycles. The molecule has 0 heterocycles. The number of amides is 2. The zero-order valence-corrected chi connectivity index (χ0v) is 13.0. The van der Waals surface area contributed by atoms with E-state index in [0.717, 1.165) is 0 Å². The number of rotatable bonds is 3. The van der Waals surface area contributed by atoms with Crippen LogP contribution in [0.5, 0.6) is 5.75 Å². The fourth-order valence-electron chi connectivity index (χ4n) is 1.80. The van der Waals surface area contributed by atoms with Crippen LogP contribution < -0.4 is 10.6 Å². The van der Waals surface area contributed by atoms with E-state index in [4.69, 9.17) is 23.2 Å². The van der Waals surface area contributed by atoms with Gasteiger partial charge in [-0.25, -0.2) is 0 Å². The Hall–Kier alpha value is -2.24. The number of phenols is 1. The van der Waals surface area contributed by atoms with Gasteiger partial charge in [0, 0.05) is 12.6 Å². The van der Waals surface area contributed by atoms with Crippen LogP contribution in [0.3, 0.4) is 0 Å². The topological polar surface area (TPSA) is 78.4 Å². The lowest BCUT2D eigenvalue weighted by Gasteiger charge is -2.11. The number of aromatic hydroxyl groups is 1. The minimum absolute atomic E-state index is 0.126. The maximum absolute atomic E-state index is 12.1. The van der Waals surface area contributed by atoms with Gasteiger partial charge >= 0.3 is 0 Å². The Labute approximate surface area is 136 Å². The second-order valence-electron chi connectivity index (χ2n) is 4.47. The third kappa shape index (κ3) is 3.69. The molecule has 3 N–H and O–H groups in total. The molecule has 2 rings (SSSR count). The van der Waals surface area contributed by atoms with Gasteiger partial charge in [-0.1, -0.05) is 35.3 Å². The molecule has 0 aliphatic rings. The van der Waals surface area contributed by atoms with Gasteiger partial charge in [0.15, 0.2) is 0 Å². The Bertz CT molecular complexity index is 724. The summed E-state index contributed by atoms with van der Waals surface area (Å²) in [6.07, 6.45) is 0. The van der Waals surface area contributed by atoms with Crippen LogP contribution in [0.15, 0.2) is 36.4 Å². The fourth-order valence-corrected chi connectivity index (χ4v) is 2.39. The highest BCUT2D eigenvalue weighted by Gasteiger charge is 2.14. The predicted octanol–water partition coefficient (Wildman–Crippen LogP) is 3.91. The lowest BCUT2D eigenvalue weighted by Crippen LogP contribution is -2.12. The number of carbonyl (C=O) groups excluding carboxylic acids is 2. The zero-order chi connectivity index (χ0) is 16.3. The lowest BCUT2D eigenvalue weighted by atomic mass is 10.2. The highest BCUT2D eigenvalue weighted by molar-refractivity contribution is 6.40. The van der Waals surface area contributed by atoms with Crippen LogP contribution >= 0.6 is 23.2 Å². The van der Waals surface area contributed by atoms with Crippen molar-refractivity contribution in [2.45, 2.75) is 6.92 Å². The van der Waals surface area contributed by atoms with E-state index in [9.17, 15) is 14.7 Å². The summed E-state index contributed by atoms with van der Waals surface area (Å²) in [4.78, 5) is 23.2. The Morgan fingerprint density at radius 3 is 2.18 bits per heavy atom. The van der Waals surface area contributed by atoms with Crippen molar-refractivity contribution in [2.24, 2.45) is 0 Å². The van der Waals surface area contributed by atoms with Crippen LogP contribution in [0.2, 0.25) is 10.0 Å². The summed E-state index contributed by atoms with van der Waals surface area (Å²) >= 11 is 12.1. The Balaban J connectivity index is 2.26. The minimum Gasteiger partial charge on any atom is -0.507 e. The van der Waals surface area contributed by atoms with Crippen LogP contribution in [-0.2, 0) is 4.79 Å². The van der Waals surface area contributed by atoms with Crippen molar-refractivity contribution in [2.75, 3.05) is 10.6 Å². The van der Waals surface area contributed by atoms with E-state index in [-0.39, 0.29) is 33.0 Å². The molecule has 22 heavy (non-hydrogen) atoms. The summed E-state index contributed by atoms with van der Waals surface area (Å²) in [6, 6.07) is 9.05. The van der Waals surface area contributed by atoms with E-state index in [2.05, 4.69) is 10.6 Å². The van der Waals surface area contributed by atoms with Gasteiger partial charge in [-0.3, -0.25) is 9.59 Å². The molecule has 0 aliphatic carbocycles. The fraction of sp³-hybridized carbons (Fsp3) is 0.0667. The van der Waals surface area contributed by atoms with Crippen LogP contribution in [-0.4, -0.2) is 16.9 Å². The summed E-state index contributed by atoms with van der Waals surface area (Å²) in [5, 5.41) is 15.1. The maximum Gasteiger partial charge on any atom is 0.259 e. The molecule has 0 fully saturated rings. The highest BCUT2D eigenvalue weighted by Crippen LogP contribution is 2.34. The Morgan fingerprint density at radius 2 is 1.64 bits per heavy atom. The number of halogens is 2. The smallest absolute Gasteiger partial charge is 0.259 e. The number of benzene rings is 2. The van der Waals surface area contributed by atoms with Crippen LogP contribution in [0.4, 0.5) is 11.4 Å². The first kappa shape index (κ1) is 16.1. The number of carbonyl (C=O) groups is 2. The molecule has 0 unspecified atom stereocenters. The number of nitrogens with one attached hydrogen (secondary N) is 2. The standard InChI is InChI=1S/C15H12Cl2N2O3/c1-8(20)18-14-11(16)6-9(7-12(14)17)19-15(22)10-4-2-3-5-13(10)21/h2-7,21H,1H3,(H,18,20)(H,19,22). The van der Waals surface area contributed by atoms with Crippen molar-refractivity contribution >= 4 is 46.4 Å². The van der Waals surface area contributed by atoms with Crippen LogP contribution in [0, 0.1) is 0 Å². The second kappa shape index (κ2) is 6.68. The van der Waals surface area contributed by atoms with Crippen molar-refractivity contribution in [3.63, 3.8) is 0 Å². The number of phenolic OH excluding ortho intramolecular Hbond substituents is 1. The molecule has 0 radical (unpaired) electrons. The summed E-state index contributed by atoms with van der Waals surface area (Å²) in [5.41, 5.74) is 0.745. The molecule has 0 spiro atoms. The molecule has 2 aromatic rings. The molecular formula is C15H12Cl2N2O3. The van der Waals surface area contributed by atoms with E-state index in [1.807, 2.05) is 0 Å². The van der Waals surface area contributed by atoms with E-state index < -0.39 is 5.91 Å². The van der Waals surface area contributed by atoms with E-state index in [0.29, 0.717) is 5.69 Å². The van der Waals surface area contributed by atoms with Crippen molar-refractivity contribution in [3.05, 3.63) is 52.0 Å². The van der Waals surface area contributed by atoms with Crippen molar-refractivity contribution in [1.82, 2.24) is 0 Å². The molecule has 7 heteroatoms. The Kier molecular flexibility index (Phi) is 4.90. The van der Waals surface area contributed by atoms with E-state index in [1.165, 1.54) is 31.2 Å². The maximum atomic E-state index is 12.1. The number of para-hydroxylation sites is 1. The van der Waals surface area contributed by atoms with Gasteiger partial charge in [0.2, 0.25) is 5.91 Å². The number of hydrogen-bond donors (Lipinski definition) is 3. The quantitative estimate of drug-likeness (QED) is 0.793. The predicted molar refractivity (Wildman–Crippen MR) is 86.8 cm³/mol. The normalized spacial score (nSPS) is 10.1. The van der Waals surface area contributed by atoms with E-state index >= 15 is 0 Å². The molecular weight excluding hydrogens is 327 g/mol. The molecule has 2 aromatic carbocycles.